The maximum Gasteiger partial charge on any atom is 0.408 e. The minimum atomic E-state index is -0.483. The van der Waals surface area contributed by atoms with Crippen LogP contribution in [0.1, 0.15) is 58.6 Å². The summed E-state index contributed by atoms with van der Waals surface area (Å²) in [6.45, 7) is 7.75. The highest BCUT2D eigenvalue weighted by Crippen LogP contribution is 2.18. The minimum absolute atomic E-state index is 0.0610. The lowest BCUT2D eigenvalue weighted by atomic mass is 10.0. The number of hydrogen-bond donors (Lipinski definition) is 1. The van der Waals surface area contributed by atoms with E-state index >= 15 is 0 Å². The van der Waals surface area contributed by atoms with Crippen LogP contribution in [-0.2, 0) is 4.74 Å². The van der Waals surface area contributed by atoms with Crippen LogP contribution in [0.25, 0.3) is 0 Å². The Balaban J connectivity index is 2.71. The molecule has 0 fully saturated rings. The lowest BCUT2D eigenvalue weighted by Crippen LogP contribution is -2.34. The van der Waals surface area contributed by atoms with Crippen molar-refractivity contribution in [2.24, 2.45) is 0 Å². The Labute approximate surface area is 128 Å². The lowest BCUT2D eigenvalue weighted by Gasteiger charge is -2.23. The molecule has 1 aromatic rings. The smallest absolute Gasteiger partial charge is 0.408 e. The van der Waals surface area contributed by atoms with Crippen molar-refractivity contribution in [1.82, 2.24) is 5.32 Å². The zero-order valence-corrected chi connectivity index (χ0v) is 13.6. The van der Waals surface area contributed by atoms with Crippen LogP contribution >= 0.6 is 0 Å². The van der Waals surface area contributed by atoms with E-state index in [-0.39, 0.29) is 12.1 Å². The molecule has 1 amide bonds. The molecular formula is C18H27NO2. The van der Waals surface area contributed by atoms with Gasteiger partial charge in [-0.2, -0.15) is 0 Å². The first kappa shape index (κ1) is 17.3. The topological polar surface area (TPSA) is 38.3 Å². The van der Waals surface area contributed by atoms with Crippen molar-refractivity contribution in [3.05, 3.63) is 48.0 Å². The second-order valence-electron chi connectivity index (χ2n) is 6.11. The van der Waals surface area contributed by atoms with Crippen LogP contribution in [0.3, 0.4) is 0 Å². The summed E-state index contributed by atoms with van der Waals surface area (Å²) in [5, 5.41) is 2.95. The van der Waals surface area contributed by atoms with Crippen molar-refractivity contribution >= 4 is 6.09 Å². The van der Waals surface area contributed by atoms with Gasteiger partial charge in [0.15, 0.2) is 0 Å². The quantitative estimate of drug-likeness (QED) is 0.748. The van der Waals surface area contributed by atoms with Gasteiger partial charge in [-0.1, -0.05) is 55.8 Å². The van der Waals surface area contributed by atoms with Gasteiger partial charge < -0.3 is 10.1 Å². The summed E-state index contributed by atoms with van der Waals surface area (Å²) >= 11 is 0. The molecule has 1 N–H and O–H groups in total. The van der Waals surface area contributed by atoms with Crippen LogP contribution in [-0.4, -0.2) is 11.7 Å². The number of unbranched alkanes of at least 4 members (excludes halogenated alkanes) is 1. The largest absolute Gasteiger partial charge is 0.444 e. The number of rotatable bonds is 6. The molecule has 0 saturated carbocycles. The SMILES string of the molecule is CCC/C=C/C[C@@H](NC(=O)OC(C)(C)C)c1ccccc1. The van der Waals surface area contributed by atoms with Gasteiger partial charge in [0.1, 0.15) is 5.60 Å². The molecule has 1 aromatic carbocycles. The Morgan fingerprint density at radius 2 is 1.90 bits per heavy atom. The molecule has 3 heteroatoms. The van der Waals surface area contributed by atoms with Crippen LogP contribution in [0.15, 0.2) is 42.5 Å². The van der Waals surface area contributed by atoms with Crippen molar-refractivity contribution in [2.75, 3.05) is 0 Å². The molecule has 0 bridgehead atoms. The van der Waals surface area contributed by atoms with Crippen LogP contribution in [0.2, 0.25) is 0 Å². The van der Waals surface area contributed by atoms with Gasteiger partial charge in [0.2, 0.25) is 0 Å². The Kier molecular flexibility index (Phi) is 7.00. The van der Waals surface area contributed by atoms with Crippen molar-refractivity contribution in [2.45, 2.75) is 58.6 Å². The number of alkyl carbamates (subject to hydrolysis) is 1. The average Bonchev–Trinajstić information content (AvgIpc) is 2.41. The molecule has 0 aliphatic heterocycles. The highest BCUT2D eigenvalue weighted by atomic mass is 16.6. The number of allylic oxidation sites excluding steroid dienone is 1. The Morgan fingerprint density at radius 1 is 1.24 bits per heavy atom. The van der Waals surface area contributed by atoms with Crippen LogP contribution in [0, 0.1) is 0 Å². The maximum atomic E-state index is 12.0. The van der Waals surface area contributed by atoms with Gasteiger partial charge in [0.05, 0.1) is 6.04 Å². The Hall–Kier alpha value is -1.77. The van der Waals surface area contributed by atoms with Gasteiger partial charge in [-0.05, 0) is 39.2 Å². The van der Waals surface area contributed by atoms with Crippen molar-refractivity contribution in [3.63, 3.8) is 0 Å². The number of carbonyl (C=O) groups excluding carboxylic acids is 1. The van der Waals surface area contributed by atoms with Gasteiger partial charge in [0, 0.05) is 0 Å². The van der Waals surface area contributed by atoms with E-state index in [9.17, 15) is 4.79 Å². The molecule has 0 unspecified atom stereocenters. The van der Waals surface area contributed by atoms with E-state index in [1.54, 1.807) is 0 Å². The van der Waals surface area contributed by atoms with E-state index in [1.165, 1.54) is 0 Å². The van der Waals surface area contributed by atoms with E-state index < -0.39 is 5.60 Å². The van der Waals surface area contributed by atoms with E-state index in [2.05, 4.69) is 24.4 Å². The number of ether oxygens (including phenoxy) is 1. The first-order valence-corrected chi connectivity index (χ1v) is 7.62. The van der Waals surface area contributed by atoms with Crippen molar-refractivity contribution < 1.29 is 9.53 Å². The van der Waals surface area contributed by atoms with Gasteiger partial charge in [-0.3, -0.25) is 0 Å². The number of carbonyl (C=O) groups is 1. The van der Waals surface area contributed by atoms with E-state index in [0.29, 0.717) is 0 Å². The third-order valence-corrected chi connectivity index (χ3v) is 2.89. The summed E-state index contributed by atoms with van der Waals surface area (Å²) in [7, 11) is 0. The molecule has 0 aromatic heterocycles. The zero-order chi connectivity index (χ0) is 15.7. The molecule has 0 saturated heterocycles. The second kappa shape index (κ2) is 8.50. The van der Waals surface area contributed by atoms with Gasteiger partial charge in [-0.15, -0.1) is 0 Å². The standard InChI is InChI=1S/C18H27NO2/c1-5-6-7-11-14-16(15-12-9-8-10-13-15)19-17(20)21-18(2,3)4/h7-13,16H,5-6,14H2,1-4H3,(H,19,20)/b11-7+/t16-/m1/s1. The van der Waals surface area contributed by atoms with Gasteiger partial charge in [-0.25, -0.2) is 4.79 Å². The fourth-order valence-electron chi connectivity index (χ4n) is 1.93. The van der Waals surface area contributed by atoms with E-state index in [0.717, 1.165) is 24.8 Å². The summed E-state index contributed by atoms with van der Waals surface area (Å²) in [6.07, 6.45) is 6.87. The number of amides is 1. The Bertz CT molecular complexity index is 446. The van der Waals surface area contributed by atoms with Gasteiger partial charge >= 0.3 is 6.09 Å². The predicted octanol–water partition coefficient (Wildman–Crippen LogP) is 5.00. The molecule has 21 heavy (non-hydrogen) atoms. The summed E-state index contributed by atoms with van der Waals surface area (Å²) in [5.74, 6) is 0. The molecule has 0 heterocycles. The van der Waals surface area contributed by atoms with Crippen LogP contribution < -0.4 is 5.32 Å². The molecule has 116 valence electrons. The third kappa shape index (κ3) is 7.54. The van der Waals surface area contributed by atoms with E-state index in [4.69, 9.17) is 4.74 Å². The number of nitrogens with one attached hydrogen (secondary N) is 1. The fraction of sp³-hybridized carbons (Fsp3) is 0.500. The first-order chi connectivity index (χ1) is 9.92. The molecule has 3 nitrogen and oxygen atoms in total. The number of benzene rings is 1. The zero-order valence-electron chi connectivity index (χ0n) is 13.6. The lowest BCUT2D eigenvalue weighted by molar-refractivity contribution is 0.0504. The van der Waals surface area contributed by atoms with Crippen LogP contribution in [0.5, 0.6) is 0 Å². The maximum absolute atomic E-state index is 12.0. The molecule has 1 atom stereocenters. The second-order valence-corrected chi connectivity index (χ2v) is 6.11. The predicted molar refractivity (Wildman–Crippen MR) is 87.2 cm³/mol. The summed E-state index contributed by atoms with van der Waals surface area (Å²) in [5.41, 5.74) is 0.605. The molecule has 0 radical (unpaired) electrons. The van der Waals surface area contributed by atoms with Crippen molar-refractivity contribution in [3.8, 4) is 0 Å². The monoisotopic (exact) mass is 289 g/mol. The van der Waals surface area contributed by atoms with E-state index in [1.807, 2.05) is 51.1 Å². The first-order valence-electron chi connectivity index (χ1n) is 7.62. The normalized spacial score (nSPS) is 13.1. The average molecular weight is 289 g/mol. The third-order valence-electron chi connectivity index (χ3n) is 2.89. The van der Waals surface area contributed by atoms with Crippen LogP contribution in [0.4, 0.5) is 4.79 Å². The Morgan fingerprint density at radius 3 is 2.48 bits per heavy atom. The molecule has 0 aliphatic carbocycles. The minimum Gasteiger partial charge on any atom is -0.444 e. The van der Waals surface area contributed by atoms with Gasteiger partial charge in [0.25, 0.3) is 0 Å². The molecule has 0 aliphatic rings. The summed E-state index contributed by atoms with van der Waals surface area (Å²) in [4.78, 5) is 12.0. The number of hydrogen-bond acceptors (Lipinski definition) is 2. The molecule has 0 spiro atoms. The van der Waals surface area contributed by atoms with Crippen molar-refractivity contribution in [1.29, 1.82) is 0 Å². The highest BCUT2D eigenvalue weighted by molar-refractivity contribution is 5.68. The molecular weight excluding hydrogens is 262 g/mol. The summed E-state index contributed by atoms with van der Waals surface area (Å²) < 4.78 is 5.34. The fourth-order valence-corrected chi connectivity index (χ4v) is 1.93. The highest BCUT2D eigenvalue weighted by Gasteiger charge is 2.19. The molecule has 1 rings (SSSR count). The summed E-state index contributed by atoms with van der Waals surface area (Å²) in [6, 6.07) is 9.92.